The lowest BCUT2D eigenvalue weighted by Gasteiger charge is -2.58. The molecule has 0 aromatic heterocycles. The maximum absolute atomic E-state index is 11.7. The molecule has 1 N–H and O–H groups in total. The van der Waals surface area contributed by atoms with E-state index in [1.54, 1.807) is 0 Å². The summed E-state index contributed by atoms with van der Waals surface area (Å²) in [6.07, 6.45) is 12.6. The van der Waals surface area contributed by atoms with Crippen LogP contribution in [0.15, 0.2) is 0 Å². The van der Waals surface area contributed by atoms with Gasteiger partial charge in [0.1, 0.15) is 5.78 Å². The van der Waals surface area contributed by atoms with Gasteiger partial charge in [-0.25, -0.2) is 0 Å². The summed E-state index contributed by atoms with van der Waals surface area (Å²) in [5.74, 6) is 3.69. The highest BCUT2D eigenvalue weighted by Crippen LogP contribution is 2.60. The molecule has 0 radical (unpaired) electrons. The zero-order valence-corrected chi connectivity index (χ0v) is 14.5. The van der Waals surface area contributed by atoms with Gasteiger partial charge in [-0.3, -0.25) is 4.79 Å². The first-order chi connectivity index (χ1) is 10.5. The van der Waals surface area contributed by atoms with Crippen LogP contribution in [0.4, 0.5) is 0 Å². The molecule has 6 unspecified atom stereocenters. The van der Waals surface area contributed by atoms with Crippen molar-refractivity contribution in [1.82, 2.24) is 0 Å². The molecule has 0 aromatic rings. The molecule has 0 aromatic carbocycles. The molecular weight excluding hydrogens is 272 g/mol. The minimum Gasteiger partial charge on any atom is -0.393 e. The third-order valence-corrected chi connectivity index (χ3v) is 7.60. The number of hydrogen-bond acceptors (Lipinski definition) is 2. The minimum absolute atomic E-state index is 0.0452. The molecule has 3 fully saturated rings. The number of fused-ring (bicyclic) bond motifs is 3. The third kappa shape index (κ3) is 3.00. The van der Waals surface area contributed by atoms with Crippen molar-refractivity contribution in [3.8, 4) is 0 Å². The Bertz CT molecular complexity index is 405. The van der Waals surface area contributed by atoms with Gasteiger partial charge in [0, 0.05) is 12.8 Å². The standard InChI is InChI=1S/C20H34O2/c1-3-16(21)9-7-14-5-4-6-19-18(14)10-8-15-13-17(22)11-12-20(15,19)2/h14-15,17-19,22H,3-13H2,1-2H3. The fraction of sp³-hybridized carbons (Fsp3) is 0.950. The van der Waals surface area contributed by atoms with Gasteiger partial charge in [-0.05, 0) is 74.0 Å². The summed E-state index contributed by atoms with van der Waals surface area (Å²) in [4.78, 5) is 11.7. The Morgan fingerprint density at radius 2 is 2.00 bits per heavy atom. The molecule has 3 aliphatic carbocycles. The minimum atomic E-state index is -0.0452. The van der Waals surface area contributed by atoms with E-state index in [0.717, 1.165) is 49.4 Å². The predicted molar refractivity (Wildman–Crippen MR) is 89.5 cm³/mol. The van der Waals surface area contributed by atoms with Crippen LogP contribution in [0.5, 0.6) is 0 Å². The van der Waals surface area contributed by atoms with Gasteiger partial charge in [0.15, 0.2) is 0 Å². The first-order valence-electron chi connectivity index (χ1n) is 9.74. The van der Waals surface area contributed by atoms with Gasteiger partial charge in [0.25, 0.3) is 0 Å². The highest BCUT2D eigenvalue weighted by Gasteiger charge is 2.52. The second-order valence-electron chi connectivity index (χ2n) is 8.60. The van der Waals surface area contributed by atoms with E-state index in [4.69, 9.17) is 0 Å². The molecule has 6 atom stereocenters. The Balaban J connectivity index is 1.69. The Morgan fingerprint density at radius 1 is 1.18 bits per heavy atom. The number of Topliss-reactive ketones (excluding diaryl/α,β-unsaturated/α-hetero) is 1. The summed E-state index contributed by atoms with van der Waals surface area (Å²) in [5.41, 5.74) is 0.468. The third-order valence-electron chi connectivity index (χ3n) is 7.60. The summed E-state index contributed by atoms with van der Waals surface area (Å²) < 4.78 is 0. The molecule has 3 aliphatic rings. The van der Waals surface area contributed by atoms with Gasteiger partial charge in [-0.2, -0.15) is 0 Å². The Labute approximate surface area is 136 Å². The largest absolute Gasteiger partial charge is 0.393 e. The van der Waals surface area contributed by atoms with Crippen LogP contribution >= 0.6 is 0 Å². The van der Waals surface area contributed by atoms with Crippen LogP contribution < -0.4 is 0 Å². The van der Waals surface area contributed by atoms with Crippen molar-refractivity contribution >= 4 is 5.78 Å². The number of aliphatic hydroxyl groups excluding tert-OH is 1. The van der Waals surface area contributed by atoms with Crippen molar-refractivity contribution in [3.05, 3.63) is 0 Å². The lowest BCUT2D eigenvalue weighted by Crippen LogP contribution is -2.50. The van der Waals surface area contributed by atoms with E-state index in [0.29, 0.717) is 17.6 Å². The maximum atomic E-state index is 11.7. The van der Waals surface area contributed by atoms with E-state index in [1.165, 1.54) is 38.5 Å². The molecule has 0 aliphatic heterocycles. The lowest BCUT2D eigenvalue weighted by molar-refractivity contribution is -0.120. The number of carbonyl (C=O) groups is 1. The summed E-state index contributed by atoms with van der Waals surface area (Å²) in [5, 5.41) is 10.0. The summed E-state index contributed by atoms with van der Waals surface area (Å²) in [7, 11) is 0. The van der Waals surface area contributed by atoms with E-state index in [9.17, 15) is 9.90 Å². The van der Waals surface area contributed by atoms with Crippen molar-refractivity contribution in [2.75, 3.05) is 0 Å². The molecule has 0 saturated heterocycles. The number of ketones is 1. The zero-order chi connectivity index (χ0) is 15.7. The lowest BCUT2D eigenvalue weighted by atomic mass is 9.48. The summed E-state index contributed by atoms with van der Waals surface area (Å²) >= 11 is 0. The predicted octanol–water partition coefficient (Wildman–Crippen LogP) is 4.74. The second-order valence-corrected chi connectivity index (χ2v) is 8.60. The van der Waals surface area contributed by atoms with Crippen molar-refractivity contribution in [1.29, 1.82) is 0 Å². The van der Waals surface area contributed by atoms with Gasteiger partial charge in [0.05, 0.1) is 6.10 Å². The van der Waals surface area contributed by atoms with Crippen LogP contribution in [0.2, 0.25) is 0 Å². The number of rotatable bonds is 4. The Hall–Kier alpha value is -0.370. The van der Waals surface area contributed by atoms with E-state index in [-0.39, 0.29) is 6.10 Å². The number of hydrogen-bond donors (Lipinski definition) is 1. The fourth-order valence-electron chi connectivity index (χ4n) is 6.22. The van der Waals surface area contributed by atoms with Crippen LogP contribution in [0.25, 0.3) is 0 Å². The molecule has 126 valence electrons. The van der Waals surface area contributed by atoms with E-state index in [2.05, 4.69) is 6.92 Å². The van der Waals surface area contributed by atoms with Gasteiger partial charge in [-0.1, -0.05) is 26.7 Å². The average Bonchev–Trinajstić information content (AvgIpc) is 2.53. The van der Waals surface area contributed by atoms with Crippen molar-refractivity contribution in [3.63, 3.8) is 0 Å². The fourth-order valence-corrected chi connectivity index (χ4v) is 6.22. The molecule has 3 rings (SSSR count). The number of carbonyl (C=O) groups excluding carboxylic acids is 1. The normalized spacial score (nSPS) is 45.0. The molecule has 3 saturated carbocycles. The maximum Gasteiger partial charge on any atom is 0.132 e. The monoisotopic (exact) mass is 306 g/mol. The van der Waals surface area contributed by atoms with Gasteiger partial charge >= 0.3 is 0 Å². The molecule has 0 spiro atoms. The summed E-state index contributed by atoms with van der Waals surface area (Å²) in [6.45, 7) is 4.52. The number of aliphatic hydroxyl groups is 1. The molecule has 0 heterocycles. The molecule has 0 amide bonds. The second kappa shape index (κ2) is 6.63. The highest BCUT2D eigenvalue weighted by atomic mass is 16.3. The van der Waals surface area contributed by atoms with E-state index in [1.807, 2.05) is 6.92 Å². The smallest absolute Gasteiger partial charge is 0.132 e. The van der Waals surface area contributed by atoms with Gasteiger partial charge in [-0.15, -0.1) is 0 Å². The SMILES string of the molecule is CCC(=O)CCC1CCCC2C1CCC1CC(O)CCC12C. The molecule has 22 heavy (non-hydrogen) atoms. The van der Waals surface area contributed by atoms with Gasteiger partial charge < -0.3 is 5.11 Å². The first kappa shape index (κ1) is 16.5. The zero-order valence-electron chi connectivity index (χ0n) is 14.5. The molecule has 2 heteroatoms. The van der Waals surface area contributed by atoms with Crippen LogP contribution in [-0.4, -0.2) is 17.0 Å². The van der Waals surface area contributed by atoms with Crippen molar-refractivity contribution in [2.45, 2.75) is 90.6 Å². The molecule has 2 nitrogen and oxygen atoms in total. The highest BCUT2D eigenvalue weighted by molar-refractivity contribution is 5.77. The Morgan fingerprint density at radius 3 is 2.77 bits per heavy atom. The van der Waals surface area contributed by atoms with E-state index < -0.39 is 0 Å². The van der Waals surface area contributed by atoms with E-state index >= 15 is 0 Å². The van der Waals surface area contributed by atoms with Crippen LogP contribution in [0.1, 0.15) is 84.5 Å². The van der Waals surface area contributed by atoms with Crippen molar-refractivity contribution in [2.24, 2.45) is 29.1 Å². The van der Waals surface area contributed by atoms with Crippen LogP contribution in [0.3, 0.4) is 0 Å². The Kier molecular flexibility index (Phi) is 4.97. The van der Waals surface area contributed by atoms with Crippen molar-refractivity contribution < 1.29 is 9.90 Å². The summed E-state index contributed by atoms with van der Waals surface area (Å²) in [6, 6.07) is 0. The van der Waals surface area contributed by atoms with Gasteiger partial charge in [0.2, 0.25) is 0 Å². The first-order valence-corrected chi connectivity index (χ1v) is 9.74. The topological polar surface area (TPSA) is 37.3 Å². The molecule has 0 bridgehead atoms. The molecular formula is C20H34O2. The average molecular weight is 306 g/mol. The van der Waals surface area contributed by atoms with Crippen LogP contribution in [-0.2, 0) is 4.79 Å². The quantitative estimate of drug-likeness (QED) is 0.814. The van der Waals surface area contributed by atoms with Crippen LogP contribution in [0, 0.1) is 29.1 Å².